The third kappa shape index (κ3) is 4.82. The molecule has 1 aromatic heterocycles. The van der Waals surface area contributed by atoms with Gasteiger partial charge < -0.3 is 15.4 Å². The Bertz CT molecular complexity index is 910. The molecule has 0 aliphatic carbocycles. The van der Waals surface area contributed by atoms with Crippen LogP contribution in [0.5, 0.6) is 0 Å². The molecule has 1 heterocycles. The van der Waals surface area contributed by atoms with Crippen molar-refractivity contribution >= 4 is 29.1 Å². The van der Waals surface area contributed by atoms with Gasteiger partial charge in [-0.25, -0.2) is 9.78 Å². The van der Waals surface area contributed by atoms with Gasteiger partial charge in [0.1, 0.15) is 5.82 Å². The van der Waals surface area contributed by atoms with Crippen LogP contribution < -0.4 is 10.6 Å². The van der Waals surface area contributed by atoms with E-state index in [0.717, 1.165) is 17.8 Å². The van der Waals surface area contributed by atoms with Crippen molar-refractivity contribution in [2.45, 2.75) is 20.3 Å². The fourth-order valence-electron chi connectivity index (χ4n) is 2.61. The van der Waals surface area contributed by atoms with E-state index in [1.54, 1.807) is 31.3 Å². The van der Waals surface area contributed by atoms with Gasteiger partial charge in [0.2, 0.25) is 5.95 Å². The standard InChI is InChI=1S/C21H22N4O2/c1-3-15-7-5-6-8-18(15)24-21-22-14-13-19(25-21)23-17-11-9-16(10-12-17)20(26)27-4-2/h5-14H,3-4H2,1-2H3,(H2,22,23,24,25). The summed E-state index contributed by atoms with van der Waals surface area (Å²) in [6, 6.07) is 16.9. The minimum atomic E-state index is -0.327. The summed E-state index contributed by atoms with van der Waals surface area (Å²) in [5.41, 5.74) is 3.54. The van der Waals surface area contributed by atoms with Crippen LogP contribution in [0.2, 0.25) is 0 Å². The molecule has 0 saturated carbocycles. The highest BCUT2D eigenvalue weighted by molar-refractivity contribution is 5.89. The molecular formula is C21H22N4O2. The molecule has 0 atom stereocenters. The van der Waals surface area contributed by atoms with Crippen LogP contribution in [0.25, 0.3) is 0 Å². The Hall–Kier alpha value is -3.41. The summed E-state index contributed by atoms with van der Waals surface area (Å²) in [5.74, 6) is 0.849. The zero-order chi connectivity index (χ0) is 19.1. The molecular weight excluding hydrogens is 340 g/mol. The smallest absolute Gasteiger partial charge is 0.338 e. The number of aromatic nitrogens is 2. The normalized spacial score (nSPS) is 10.3. The fourth-order valence-corrected chi connectivity index (χ4v) is 2.61. The molecule has 0 amide bonds. The van der Waals surface area contributed by atoms with E-state index in [0.29, 0.717) is 23.9 Å². The summed E-state index contributed by atoms with van der Waals surface area (Å²) in [4.78, 5) is 20.5. The lowest BCUT2D eigenvalue weighted by Gasteiger charge is -2.11. The van der Waals surface area contributed by atoms with Gasteiger partial charge >= 0.3 is 5.97 Å². The van der Waals surface area contributed by atoms with Gasteiger partial charge in [0.15, 0.2) is 0 Å². The van der Waals surface area contributed by atoms with E-state index in [1.807, 2.05) is 30.3 Å². The summed E-state index contributed by atoms with van der Waals surface area (Å²) in [5, 5.41) is 6.48. The molecule has 2 aromatic carbocycles. The van der Waals surface area contributed by atoms with Gasteiger partial charge in [0, 0.05) is 17.6 Å². The number of hydrogen-bond donors (Lipinski definition) is 2. The van der Waals surface area contributed by atoms with Crippen LogP contribution in [0, 0.1) is 0 Å². The topological polar surface area (TPSA) is 76.1 Å². The van der Waals surface area contributed by atoms with Crippen LogP contribution in [0.3, 0.4) is 0 Å². The molecule has 0 aliphatic rings. The van der Waals surface area contributed by atoms with Crippen molar-refractivity contribution in [1.29, 1.82) is 0 Å². The third-order valence-electron chi connectivity index (χ3n) is 3.97. The van der Waals surface area contributed by atoms with Crippen molar-refractivity contribution in [1.82, 2.24) is 9.97 Å². The number of nitrogens with zero attached hydrogens (tertiary/aromatic N) is 2. The van der Waals surface area contributed by atoms with Gasteiger partial charge in [-0.05, 0) is 55.3 Å². The fraction of sp³-hybridized carbons (Fsp3) is 0.190. The molecule has 6 nitrogen and oxygen atoms in total. The second-order valence-corrected chi connectivity index (χ2v) is 5.82. The van der Waals surface area contributed by atoms with E-state index in [4.69, 9.17) is 4.74 Å². The highest BCUT2D eigenvalue weighted by Gasteiger charge is 2.07. The van der Waals surface area contributed by atoms with Crippen LogP contribution in [-0.4, -0.2) is 22.5 Å². The first-order chi connectivity index (χ1) is 13.2. The first-order valence-electron chi connectivity index (χ1n) is 8.91. The predicted molar refractivity (Wildman–Crippen MR) is 107 cm³/mol. The monoisotopic (exact) mass is 362 g/mol. The van der Waals surface area contributed by atoms with Crippen LogP contribution in [-0.2, 0) is 11.2 Å². The molecule has 27 heavy (non-hydrogen) atoms. The Kier molecular flexibility index (Phi) is 5.99. The first kappa shape index (κ1) is 18.4. The Morgan fingerprint density at radius 2 is 1.78 bits per heavy atom. The van der Waals surface area contributed by atoms with Crippen molar-refractivity contribution in [2.75, 3.05) is 17.2 Å². The SMILES string of the molecule is CCOC(=O)c1ccc(Nc2ccnc(Nc3ccccc3CC)n2)cc1. The largest absolute Gasteiger partial charge is 0.462 e. The average Bonchev–Trinajstić information content (AvgIpc) is 2.69. The van der Waals surface area contributed by atoms with Gasteiger partial charge in [-0.15, -0.1) is 0 Å². The number of anilines is 4. The Morgan fingerprint density at radius 3 is 2.52 bits per heavy atom. The van der Waals surface area contributed by atoms with Crippen molar-refractivity contribution in [3.05, 3.63) is 71.9 Å². The number of rotatable bonds is 7. The summed E-state index contributed by atoms with van der Waals surface area (Å²) in [6.45, 7) is 4.25. The van der Waals surface area contributed by atoms with Crippen molar-refractivity contribution in [3.63, 3.8) is 0 Å². The molecule has 0 saturated heterocycles. The lowest BCUT2D eigenvalue weighted by molar-refractivity contribution is 0.0526. The average molecular weight is 362 g/mol. The maximum Gasteiger partial charge on any atom is 0.338 e. The van der Waals surface area contributed by atoms with E-state index < -0.39 is 0 Å². The number of carbonyl (C=O) groups is 1. The second kappa shape index (κ2) is 8.80. The van der Waals surface area contributed by atoms with Crippen LogP contribution in [0.15, 0.2) is 60.8 Å². The number of esters is 1. The Balaban J connectivity index is 1.71. The van der Waals surface area contributed by atoms with Gasteiger partial charge in [-0.3, -0.25) is 0 Å². The molecule has 0 fully saturated rings. The molecule has 0 aliphatic heterocycles. The minimum absolute atomic E-state index is 0.327. The third-order valence-corrected chi connectivity index (χ3v) is 3.97. The summed E-state index contributed by atoms with van der Waals surface area (Å²) < 4.78 is 4.99. The van der Waals surface area contributed by atoms with Crippen LogP contribution in [0.1, 0.15) is 29.8 Å². The molecule has 3 rings (SSSR count). The van der Waals surface area contributed by atoms with Gasteiger partial charge in [0.25, 0.3) is 0 Å². The van der Waals surface area contributed by atoms with E-state index >= 15 is 0 Å². The van der Waals surface area contributed by atoms with Gasteiger partial charge in [0.05, 0.1) is 12.2 Å². The summed E-state index contributed by atoms with van der Waals surface area (Å²) in [7, 11) is 0. The number of aryl methyl sites for hydroxylation is 1. The summed E-state index contributed by atoms with van der Waals surface area (Å²) in [6.07, 6.45) is 2.62. The maximum atomic E-state index is 11.7. The second-order valence-electron chi connectivity index (χ2n) is 5.82. The van der Waals surface area contributed by atoms with Crippen molar-refractivity contribution < 1.29 is 9.53 Å². The maximum absolute atomic E-state index is 11.7. The van der Waals surface area contributed by atoms with E-state index in [2.05, 4.69) is 33.6 Å². The Labute approximate surface area is 158 Å². The zero-order valence-corrected chi connectivity index (χ0v) is 15.4. The lowest BCUT2D eigenvalue weighted by Crippen LogP contribution is -2.05. The number of ether oxygens (including phenoxy) is 1. The van der Waals surface area contributed by atoms with Gasteiger partial charge in [-0.1, -0.05) is 25.1 Å². The minimum Gasteiger partial charge on any atom is -0.462 e. The molecule has 138 valence electrons. The van der Waals surface area contributed by atoms with E-state index in [9.17, 15) is 4.79 Å². The molecule has 0 radical (unpaired) electrons. The molecule has 2 N–H and O–H groups in total. The van der Waals surface area contributed by atoms with Crippen LogP contribution in [0.4, 0.5) is 23.1 Å². The highest BCUT2D eigenvalue weighted by Crippen LogP contribution is 2.21. The number of carbonyl (C=O) groups excluding carboxylic acids is 1. The van der Waals surface area contributed by atoms with Crippen LogP contribution >= 0.6 is 0 Å². The molecule has 6 heteroatoms. The van der Waals surface area contributed by atoms with E-state index in [1.165, 1.54) is 5.56 Å². The number of hydrogen-bond acceptors (Lipinski definition) is 6. The highest BCUT2D eigenvalue weighted by atomic mass is 16.5. The number of nitrogens with one attached hydrogen (secondary N) is 2. The van der Waals surface area contributed by atoms with Crippen molar-refractivity contribution in [2.24, 2.45) is 0 Å². The summed E-state index contributed by atoms with van der Waals surface area (Å²) >= 11 is 0. The molecule has 0 spiro atoms. The quantitative estimate of drug-likeness (QED) is 0.593. The lowest BCUT2D eigenvalue weighted by atomic mass is 10.1. The molecule has 0 bridgehead atoms. The zero-order valence-electron chi connectivity index (χ0n) is 15.4. The molecule has 0 unspecified atom stereocenters. The first-order valence-corrected chi connectivity index (χ1v) is 8.91. The van der Waals surface area contributed by atoms with Gasteiger partial charge in [-0.2, -0.15) is 4.98 Å². The number of para-hydroxylation sites is 1. The van der Waals surface area contributed by atoms with Crippen molar-refractivity contribution in [3.8, 4) is 0 Å². The number of benzene rings is 2. The predicted octanol–water partition coefficient (Wildman–Crippen LogP) is 4.70. The molecule has 3 aromatic rings. The van der Waals surface area contributed by atoms with E-state index in [-0.39, 0.29) is 5.97 Å². The Morgan fingerprint density at radius 1 is 1.00 bits per heavy atom.